The van der Waals surface area contributed by atoms with Crippen molar-refractivity contribution in [2.24, 2.45) is 4.99 Å². The molecule has 0 atom stereocenters. The SMILES string of the molecule is CCNC(=NCc1ncc(C(C)(C)C)o1)N(C)Cc1ccc(OC)c(F)c1.I. The van der Waals surface area contributed by atoms with Crippen molar-refractivity contribution in [1.29, 1.82) is 0 Å². The maximum Gasteiger partial charge on any atom is 0.216 e. The summed E-state index contributed by atoms with van der Waals surface area (Å²) >= 11 is 0. The highest BCUT2D eigenvalue weighted by atomic mass is 127. The number of hydrogen-bond acceptors (Lipinski definition) is 4. The number of benzene rings is 1. The molecule has 0 radical (unpaired) electrons. The summed E-state index contributed by atoms with van der Waals surface area (Å²) in [6.45, 7) is 9.79. The van der Waals surface area contributed by atoms with E-state index in [4.69, 9.17) is 9.15 Å². The highest BCUT2D eigenvalue weighted by molar-refractivity contribution is 14.0. The molecule has 2 rings (SSSR count). The number of methoxy groups -OCH3 is 1. The topological polar surface area (TPSA) is 62.9 Å². The third kappa shape index (κ3) is 6.65. The number of aromatic nitrogens is 1. The molecule has 1 aromatic carbocycles. The highest BCUT2D eigenvalue weighted by Gasteiger charge is 2.19. The van der Waals surface area contributed by atoms with Crippen LogP contribution in [0, 0.1) is 5.82 Å². The first kappa shape index (κ1) is 24.2. The van der Waals surface area contributed by atoms with Crippen molar-refractivity contribution in [3.05, 3.63) is 47.4 Å². The monoisotopic (exact) mass is 504 g/mol. The average Bonchev–Trinajstić information content (AvgIpc) is 3.08. The van der Waals surface area contributed by atoms with Gasteiger partial charge in [-0.05, 0) is 24.6 Å². The van der Waals surface area contributed by atoms with Gasteiger partial charge in [0.15, 0.2) is 17.5 Å². The Morgan fingerprint density at radius 2 is 2.07 bits per heavy atom. The predicted octanol–water partition coefficient (Wildman–Crippen LogP) is 4.34. The molecule has 1 aromatic heterocycles. The van der Waals surface area contributed by atoms with Crippen LogP contribution in [0.2, 0.25) is 0 Å². The van der Waals surface area contributed by atoms with Gasteiger partial charge in [0.25, 0.3) is 0 Å². The van der Waals surface area contributed by atoms with Crippen LogP contribution in [0.5, 0.6) is 5.75 Å². The van der Waals surface area contributed by atoms with E-state index in [-0.39, 0.29) is 41.0 Å². The highest BCUT2D eigenvalue weighted by Crippen LogP contribution is 2.23. The van der Waals surface area contributed by atoms with Gasteiger partial charge in [-0.15, -0.1) is 24.0 Å². The van der Waals surface area contributed by atoms with Crippen LogP contribution in [0.4, 0.5) is 4.39 Å². The molecular weight excluding hydrogens is 474 g/mol. The minimum atomic E-state index is -0.375. The van der Waals surface area contributed by atoms with E-state index in [0.29, 0.717) is 24.9 Å². The standard InChI is InChI=1S/C20H29FN4O2.HI/c1-7-22-19(24-12-18-23-11-17(27-18)20(2,3)4)25(5)13-14-8-9-16(26-6)15(21)10-14;/h8-11H,7,12-13H2,1-6H3,(H,22,24);1H. The fourth-order valence-electron chi connectivity index (χ4n) is 2.50. The van der Waals surface area contributed by atoms with Crippen molar-refractivity contribution >= 4 is 29.9 Å². The van der Waals surface area contributed by atoms with Gasteiger partial charge in [-0.2, -0.15) is 0 Å². The summed E-state index contributed by atoms with van der Waals surface area (Å²) in [5, 5.41) is 3.24. The first-order valence-corrected chi connectivity index (χ1v) is 9.01. The predicted molar refractivity (Wildman–Crippen MR) is 120 cm³/mol. The Kier molecular flexibility index (Phi) is 9.19. The van der Waals surface area contributed by atoms with E-state index in [0.717, 1.165) is 17.9 Å². The van der Waals surface area contributed by atoms with Crippen LogP contribution in [0.3, 0.4) is 0 Å². The lowest BCUT2D eigenvalue weighted by Gasteiger charge is -2.22. The summed E-state index contributed by atoms with van der Waals surface area (Å²) in [6.07, 6.45) is 1.75. The molecule has 6 nitrogen and oxygen atoms in total. The lowest BCUT2D eigenvalue weighted by Crippen LogP contribution is -2.38. The molecule has 1 N–H and O–H groups in total. The minimum absolute atomic E-state index is 0. The number of rotatable bonds is 6. The summed E-state index contributed by atoms with van der Waals surface area (Å²) in [4.78, 5) is 10.8. The molecule has 1 heterocycles. The van der Waals surface area contributed by atoms with E-state index in [1.54, 1.807) is 12.3 Å². The number of aliphatic imine (C=N–C) groups is 1. The second kappa shape index (κ2) is 10.6. The number of halogens is 2. The number of hydrogen-bond donors (Lipinski definition) is 1. The molecule has 0 amide bonds. The fourth-order valence-corrected chi connectivity index (χ4v) is 2.50. The second-order valence-corrected chi connectivity index (χ2v) is 7.36. The van der Waals surface area contributed by atoms with Crippen molar-refractivity contribution in [1.82, 2.24) is 15.2 Å². The minimum Gasteiger partial charge on any atom is -0.494 e. The van der Waals surface area contributed by atoms with E-state index in [1.807, 2.05) is 24.9 Å². The van der Waals surface area contributed by atoms with Crippen molar-refractivity contribution < 1.29 is 13.5 Å². The average molecular weight is 504 g/mol. The molecule has 0 spiro atoms. The Balaban J connectivity index is 0.00000392. The van der Waals surface area contributed by atoms with E-state index in [1.165, 1.54) is 13.2 Å². The van der Waals surface area contributed by atoms with Crippen LogP contribution in [-0.4, -0.2) is 36.5 Å². The molecule has 0 saturated carbocycles. The van der Waals surface area contributed by atoms with Gasteiger partial charge in [0.1, 0.15) is 12.3 Å². The van der Waals surface area contributed by atoms with Crippen molar-refractivity contribution in [3.8, 4) is 5.75 Å². The van der Waals surface area contributed by atoms with Crippen LogP contribution >= 0.6 is 24.0 Å². The number of oxazole rings is 1. The van der Waals surface area contributed by atoms with Gasteiger partial charge in [-0.3, -0.25) is 0 Å². The summed E-state index contributed by atoms with van der Waals surface area (Å²) in [5.41, 5.74) is 0.738. The van der Waals surface area contributed by atoms with Crippen LogP contribution in [-0.2, 0) is 18.5 Å². The number of nitrogens with one attached hydrogen (secondary N) is 1. The van der Waals surface area contributed by atoms with E-state index in [2.05, 4.69) is 36.1 Å². The van der Waals surface area contributed by atoms with Crippen LogP contribution in [0.1, 0.15) is 44.9 Å². The molecule has 0 bridgehead atoms. The Morgan fingerprint density at radius 3 is 2.61 bits per heavy atom. The van der Waals surface area contributed by atoms with Crippen LogP contribution in [0.15, 0.2) is 33.8 Å². The Bertz CT molecular complexity index is 787. The molecule has 0 aliphatic carbocycles. The summed E-state index contributed by atoms with van der Waals surface area (Å²) in [7, 11) is 3.35. The van der Waals surface area contributed by atoms with Crippen molar-refractivity contribution in [3.63, 3.8) is 0 Å². The first-order chi connectivity index (χ1) is 12.7. The van der Waals surface area contributed by atoms with Crippen LogP contribution < -0.4 is 10.1 Å². The number of nitrogens with zero attached hydrogens (tertiary/aromatic N) is 3. The number of ether oxygens (including phenoxy) is 1. The van der Waals surface area contributed by atoms with Crippen molar-refractivity contribution in [2.75, 3.05) is 20.7 Å². The molecule has 156 valence electrons. The molecular formula is C20H30FIN4O2. The van der Waals surface area contributed by atoms with Gasteiger partial charge in [0, 0.05) is 25.6 Å². The molecule has 0 aliphatic rings. The lowest BCUT2D eigenvalue weighted by atomic mass is 9.94. The first-order valence-electron chi connectivity index (χ1n) is 9.01. The van der Waals surface area contributed by atoms with Crippen LogP contribution in [0.25, 0.3) is 0 Å². The largest absolute Gasteiger partial charge is 0.494 e. The normalized spacial score (nSPS) is 11.8. The van der Waals surface area contributed by atoms with Gasteiger partial charge < -0.3 is 19.4 Å². The Morgan fingerprint density at radius 1 is 1.36 bits per heavy atom. The maximum absolute atomic E-state index is 13.9. The molecule has 0 fully saturated rings. The van der Waals surface area contributed by atoms with E-state index >= 15 is 0 Å². The van der Waals surface area contributed by atoms with Crippen molar-refractivity contribution in [2.45, 2.75) is 46.2 Å². The second-order valence-electron chi connectivity index (χ2n) is 7.36. The Labute approximate surface area is 183 Å². The Hall–Kier alpha value is -1.84. The zero-order chi connectivity index (χ0) is 20.0. The van der Waals surface area contributed by atoms with Gasteiger partial charge in [0.05, 0.1) is 13.3 Å². The zero-order valence-corrected chi connectivity index (χ0v) is 19.7. The zero-order valence-electron chi connectivity index (χ0n) is 17.4. The smallest absolute Gasteiger partial charge is 0.216 e. The summed E-state index contributed by atoms with van der Waals surface area (Å²) < 4.78 is 24.7. The molecule has 28 heavy (non-hydrogen) atoms. The maximum atomic E-state index is 13.9. The third-order valence-electron chi connectivity index (χ3n) is 3.99. The molecule has 0 unspecified atom stereocenters. The molecule has 2 aromatic rings. The summed E-state index contributed by atoms with van der Waals surface area (Å²) in [5.74, 6) is 1.96. The summed E-state index contributed by atoms with van der Waals surface area (Å²) in [6, 6.07) is 4.94. The van der Waals surface area contributed by atoms with E-state index < -0.39 is 0 Å². The molecule has 0 aliphatic heterocycles. The fraction of sp³-hybridized carbons (Fsp3) is 0.500. The molecule has 0 saturated heterocycles. The molecule has 8 heteroatoms. The quantitative estimate of drug-likeness (QED) is 0.361. The van der Waals surface area contributed by atoms with E-state index in [9.17, 15) is 4.39 Å². The third-order valence-corrected chi connectivity index (χ3v) is 3.99. The number of guanidine groups is 1. The van der Waals surface area contributed by atoms with Gasteiger partial charge in [0.2, 0.25) is 5.89 Å². The van der Waals surface area contributed by atoms with Gasteiger partial charge in [-0.25, -0.2) is 14.4 Å². The van der Waals surface area contributed by atoms with Gasteiger partial charge >= 0.3 is 0 Å². The lowest BCUT2D eigenvalue weighted by molar-refractivity contribution is 0.381. The van der Waals surface area contributed by atoms with Gasteiger partial charge in [-0.1, -0.05) is 26.8 Å².